The lowest BCUT2D eigenvalue weighted by Gasteiger charge is -2.03. The molecule has 1 aromatic rings. The van der Waals surface area contributed by atoms with Crippen molar-refractivity contribution < 1.29 is 0 Å². The number of pyridine rings is 1. The van der Waals surface area contributed by atoms with Crippen LogP contribution in [0.15, 0.2) is 24.9 Å². The molecule has 0 radical (unpaired) electrons. The van der Waals surface area contributed by atoms with Crippen LogP contribution in [0.4, 0.5) is 5.69 Å². The highest BCUT2D eigenvalue weighted by atomic mass is 14.7. The molecule has 1 heterocycles. The summed E-state index contributed by atoms with van der Waals surface area (Å²) < 4.78 is 0. The van der Waals surface area contributed by atoms with Gasteiger partial charge >= 0.3 is 0 Å². The zero-order chi connectivity index (χ0) is 8.27. The van der Waals surface area contributed by atoms with E-state index in [1.54, 1.807) is 6.20 Å². The van der Waals surface area contributed by atoms with Gasteiger partial charge < -0.3 is 5.73 Å². The van der Waals surface area contributed by atoms with Gasteiger partial charge in [0, 0.05) is 6.20 Å². The van der Waals surface area contributed by atoms with E-state index in [0.717, 1.165) is 23.4 Å². The number of anilines is 1. The van der Waals surface area contributed by atoms with Crippen molar-refractivity contribution >= 4 is 5.69 Å². The maximum absolute atomic E-state index is 5.76. The molecule has 0 atom stereocenters. The monoisotopic (exact) mass is 148 g/mol. The van der Waals surface area contributed by atoms with Crippen LogP contribution in [0, 0.1) is 6.92 Å². The van der Waals surface area contributed by atoms with E-state index in [0.29, 0.717) is 0 Å². The maximum atomic E-state index is 5.76. The molecule has 0 spiro atoms. The highest BCUT2D eigenvalue weighted by Gasteiger charge is 1.98. The van der Waals surface area contributed by atoms with Gasteiger partial charge in [-0.15, -0.1) is 6.58 Å². The molecule has 0 bridgehead atoms. The minimum Gasteiger partial charge on any atom is -0.397 e. The molecule has 1 aromatic heterocycles. The standard InChI is InChI=1S/C9H12N2/c1-3-4-8-5-6-11-7(2)9(8)10/h3,5-6H,1,4,10H2,2H3. The van der Waals surface area contributed by atoms with Crippen molar-refractivity contribution in [3.05, 3.63) is 36.2 Å². The van der Waals surface area contributed by atoms with Gasteiger partial charge in [0.25, 0.3) is 0 Å². The van der Waals surface area contributed by atoms with Crippen molar-refractivity contribution in [2.75, 3.05) is 5.73 Å². The van der Waals surface area contributed by atoms with Crippen molar-refractivity contribution in [3.63, 3.8) is 0 Å². The van der Waals surface area contributed by atoms with Crippen molar-refractivity contribution in [1.29, 1.82) is 0 Å². The lowest BCUT2D eigenvalue weighted by atomic mass is 10.1. The second-order valence-corrected chi connectivity index (χ2v) is 2.46. The molecule has 0 aliphatic heterocycles. The number of nitrogens with two attached hydrogens (primary N) is 1. The third kappa shape index (κ3) is 1.58. The van der Waals surface area contributed by atoms with E-state index in [1.165, 1.54) is 0 Å². The third-order valence-electron chi connectivity index (χ3n) is 1.64. The average Bonchev–Trinajstić information content (AvgIpc) is 1.99. The zero-order valence-corrected chi connectivity index (χ0v) is 6.67. The lowest BCUT2D eigenvalue weighted by molar-refractivity contribution is 1.15. The van der Waals surface area contributed by atoms with E-state index < -0.39 is 0 Å². The lowest BCUT2D eigenvalue weighted by Crippen LogP contribution is -1.97. The molecule has 0 saturated carbocycles. The fourth-order valence-electron chi connectivity index (χ4n) is 0.964. The Hall–Kier alpha value is -1.31. The Bertz CT molecular complexity index is 266. The van der Waals surface area contributed by atoms with Crippen LogP contribution in [0.5, 0.6) is 0 Å². The van der Waals surface area contributed by atoms with E-state index >= 15 is 0 Å². The number of nitrogens with zero attached hydrogens (tertiary/aromatic N) is 1. The second kappa shape index (κ2) is 3.19. The fraction of sp³-hybridized carbons (Fsp3) is 0.222. The molecule has 0 saturated heterocycles. The van der Waals surface area contributed by atoms with E-state index in [4.69, 9.17) is 5.73 Å². The van der Waals surface area contributed by atoms with Crippen molar-refractivity contribution in [2.45, 2.75) is 13.3 Å². The summed E-state index contributed by atoms with van der Waals surface area (Å²) in [5.74, 6) is 0. The molecule has 11 heavy (non-hydrogen) atoms. The van der Waals surface area contributed by atoms with Crippen LogP contribution < -0.4 is 5.73 Å². The average molecular weight is 148 g/mol. The van der Waals surface area contributed by atoms with Crippen LogP contribution in [-0.4, -0.2) is 4.98 Å². The van der Waals surface area contributed by atoms with Crippen LogP contribution in [0.1, 0.15) is 11.3 Å². The number of hydrogen-bond donors (Lipinski definition) is 1. The summed E-state index contributed by atoms with van der Waals surface area (Å²) in [4.78, 5) is 4.06. The largest absolute Gasteiger partial charge is 0.397 e. The smallest absolute Gasteiger partial charge is 0.0604 e. The summed E-state index contributed by atoms with van der Waals surface area (Å²) in [7, 11) is 0. The first-order valence-electron chi connectivity index (χ1n) is 3.56. The topological polar surface area (TPSA) is 38.9 Å². The predicted molar refractivity (Wildman–Crippen MR) is 47.3 cm³/mol. The number of aromatic nitrogens is 1. The number of hydrogen-bond acceptors (Lipinski definition) is 2. The Kier molecular flexibility index (Phi) is 2.26. The number of allylic oxidation sites excluding steroid dienone is 1. The SMILES string of the molecule is C=CCc1ccnc(C)c1N. The molecular weight excluding hydrogens is 136 g/mol. The molecular formula is C9H12N2. The van der Waals surface area contributed by atoms with E-state index in [1.807, 2.05) is 19.1 Å². The van der Waals surface area contributed by atoms with Gasteiger partial charge in [-0.25, -0.2) is 0 Å². The number of nitrogen functional groups attached to an aromatic ring is 1. The molecule has 2 N–H and O–H groups in total. The highest BCUT2D eigenvalue weighted by Crippen LogP contribution is 2.14. The second-order valence-electron chi connectivity index (χ2n) is 2.46. The maximum Gasteiger partial charge on any atom is 0.0604 e. The Morgan fingerprint density at radius 2 is 2.45 bits per heavy atom. The summed E-state index contributed by atoms with van der Waals surface area (Å²) in [6, 6.07) is 1.92. The molecule has 0 aliphatic carbocycles. The Morgan fingerprint density at radius 1 is 1.73 bits per heavy atom. The molecule has 1 rings (SSSR count). The fourth-order valence-corrected chi connectivity index (χ4v) is 0.964. The molecule has 0 unspecified atom stereocenters. The molecule has 58 valence electrons. The van der Waals surface area contributed by atoms with Gasteiger partial charge in [0.2, 0.25) is 0 Å². The minimum atomic E-state index is 0.785. The quantitative estimate of drug-likeness (QED) is 0.648. The first-order chi connectivity index (χ1) is 5.25. The van der Waals surface area contributed by atoms with Gasteiger partial charge in [-0.3, -0.25) is 4.98 Å². The van der Waals surface area contributed by atoms with Crippen LogP contribution >= 0.6 is 0 Å². The molecule has 0 aliphatic rings. The van der Waals surface area contributed by atoms with Crippen LogP contribution in [0.25, 0.3) is 0 Å². The Balaban J connectivity index is 3.05. The van der Waals surface area contributed by atoms with Crippen LogP contribution in [0.3, 0.4) is 0 Å². The van der Waals surface area contributed by atoms with Gasteiger partial charge in [-0.05, 0) is 25.0 Å². The molecule has 2 nitrogen and oxygen atoms in total. The third-order valence-corrected chi connectivity index (χ3v) is 1.64. The minimum absolute atomic E-state index is 0.785. The van der Waals surface area contributed by atoms with Crippen molar-refractivity contribution in [3.8, 4) is 0 Å². The highest BCUT2D eigenvalue weighted by molar-refractivity contribution is 5.50. The first kappa shape index (κ1) is 7.79. The zero-order valence-electron chi connectivity index (χ0n) is 6.67. The van der Waals surface area contributed by atoms with Crippen LogP contribution in [0.2, 0.25) is 0 Å². The van der Waals surface area contributed by atoms with E-state index in [9.17, 15) is 0 Å². The molecule has 0 fully saturated rings. The predicted octanol–water partition coefficient (Wildman–Crippen LogP) is 1.70. The van der Waals surface area contributed by atoms with Crippen molar-refractivity contribution in [1.82, 2.24) is 4.98 Å². The van der Waals surface area contributed by atoms with Gasteiger partial charge in [0.1, 0.15) is 0 Å². The Morgan fingerprint density at radius 3 is 3.09 bits per heavy atom. The Labute approximate surface area is 66.8 Å². The van der Waals surface area contributed by atoms with Gasteiger partial charge in [-0.2, -0.15) is 0 Å². The van der Waals surface area contributed by atoms with Crippen LogP contribution in [-0.2, 0) is 6.42 Å². The summed E-state index contributed by atoms with van der Waals surface area (Å²) in [5, 5.41) is 0. The van der Waals surface area contributed by atoms with E-state index in [-0.39, 0.29) is 0 Å². The normalized spacial score (nSPS) is 9.55. The number of aryl methyl sites for hydroxylation is 1. The molecule has 0 aromatic carbocycles. The summed E-state index contributed by atoms with van der Waals surface area (Å²) in [6.07, 6.45) is 4.42. The number of rotatable bonds is 2. The molecule has 2 heteroatoms. The first-order valence-corrected chi connectivity index (χ1v) is 3.56. The molecule has 0 amide bonds. The van der Waals surface area contributed by atoms with Gasteiger partial charge in [-0.1, -0.05) is 6.08 Å². The summed E-state index contributed by atoms with van der Waals surface area (Å²) in [5.41, 5.74) is 8.54. The summed E-state index contributed by atoms with van der Waals surface area (Å²) >= 11 is 0. The van der Waals surface area contributed by atoms with Gasteiger partial charge in [0.05, 0.1) is 11.4 Å². The van der Waals surface area contributed by atoms with Gasteiger partial charge in [0.15, 0.2) is 0 Å². The van der Waals surface area contributed by atoms with E-state index in [2.05, 4.69) is 11.6 Å². The van der Waals surface area contributed by atoms with Crippen molar-refractivity contribution in [2.24, 2.45) is 0 Å². The summed E-state index contributed by atoms with van der Waals surface area (Å²) in [6.45, 7) is 5.56.